The maximum Gasteiger partial charge on any atom is 0.225 e. The van der Waals surface area contributed by atoms with Crippen molar-refractivity contribution in [2.24, 2.45) is 5.92 Å². The SMILES string of the molecule is CC(Cc1ccccc1)C(=O)N1CCCCC1. The molecule has 1 atom stereocenters. The Labute approximate surface area is 104 Å². The Kier molecular flexibility index (Phi) is 4.18. The lowest BCUT2D eigenvalue weighted by Crippen LogP contribution is -2.39. The zero-order chi connectivity index (χ0) is 12.1. The lowest BCUT2D eigenvalue weighted by Gasteiger charge is -2.29. The Bertz CT molecular complexity index is 354. The minimum Gasteiger partial charge on any atom is -0.342 e. The van der Waals surface area contributed by atoms with Gasteiger partial charge in [-0.3, -0.25) is 4.79 Å². The molecule has 0 radical (unpaired) electrons. The van der Waals surface area contributed by atoms with Gasteiger partial charge in [0.25, 0.3) is 0 Å². The van der Waals surface area contributed by atoms with Crippen LogP contribution in [0.3, 0.4) is 0 Å². The smallest absolute Gasteiger partial charge is 0.225 e. The van der Waals surface area contributed by atoms with Crippen LogP contribution in [0.25, 0.3) is 0 Å². The second-order valence-electron chi connectivity index (χ2n) is 4.98. The molecule has 92 valence electrons. The van der Waals surface area contributed by atoms with Crippen molar-refractivity contribution in [2.75, 3.05) is 13.1 Å². The predicted molar refractivity (Wildman–Crippen MR) is 69.7 cm³/mol. The van der Waals surface area contributed by atoms with Gasteiger partial charge in [-0.05, 0) is 31.2 Å². The van der Waals surface area contributed by atoms with E-state index in [2.05, 4.69) is 12.1 Å². The fraction of sp³-hybridized carbons (Fsp3) is 0.533. The van der Waals surface area contributed by atoms with Crippen molar-refractivity contribution in [3.63, 3.8) is 0 Å². The molecule has 1 saturated heterocycles. The second kappa shape index (κ2) is 5.85. The molecule has 1 fully saturated rings. The molecule has 1 unspecified atom stereocenters. The van der Waals surface area contributed by atoms with E-state index < -0.39 is 0 Å². The number of piperidine rings is 1. The third kappa shape index (κ3) is 3.32. The van der Waals surface area contributed by atoms with Crippen LogP contribution in [0, 0.1) is 5.92 Å². The fourth-order valence-corrected chi connectivity index (χ4v) is 2.48. The van der Waals surface area contributed by atoms with Gasteiger partial charge in [0, 0.05) is 19.0 Å². The first-order chi connectivity index (χ1) is 8.27. The van der Waals surface area contributed by atoms with Crippen LogP contribution in [0.4, 0.5) is 0 Å². The van der Waals surface area contributed by atoms with Crippen LogP contribution in [0.5, 0.6) is 0 Å². The summed E-state index contributed by atoms with van der Waals surface area (Å²) in [5, 5.41) is 0. The molecule has 0 aromatic heterocycles. The maximum absolute atomic E-state index is 12.2. The molecule has 0 saturated carbocycles. The van der Waals surface area contributed by atoms with Gasteiger partial charge >= 0.3 is 0 Å². The Morgan fingerprint density at radius 1 is 1.18 bits per heavy atom. The summed E-state index contributed by atoms with van der Waals surface area (Å²) in [4.78, 5) is 14.3. The molecule has 2 nitrogen and oxygen atoms in total. The third-order valence-corrected chi connectivity index (χ3v) is 3.47. The first kappa shape index (κ1) is 12.2. The molecule has 1 heterocycles. The van der Waals surface area contributed by atoms with Crippen LogP contribution in [-0.2, 0) is 11.2 Å². The summed E-state index contributed by atoms with van der Waals surface area (Å²) >= 11 is 0. The standard InChI is InChI=1S/C15H21NO/c1-13(12-14-8-4-2-5-9-14)15(17)16-10-6-3-7-11-16/h2,4-5,8-9,13H,3,6-7,10-12H2,1H3. The van der Waals surface area contributed by atoms with E-state index in [1.807, 2.05) is 30.0 Å². The van der Waals surface area contributed by atoms with Crippen molar-refractivity contribution < 1.29 is 4.79 Å². The fourth-order valence-electron chi connectivity index (χ4n) is 2.48. The highest BCUT2D eigenvalue weighted by atomic mass is 16.2. The molecule has 1 amide bonds. The van der Waals surface area contributed by atoms with E-state index in [0.29, 0.717) is 5.91 Å². The molecule has 1 aromatic carbocycles. The van der Waals surface area contributed by atoms with Crippen molar-refractivity contribution in [1.29, 1.82) is 0 Å². The van der Waals surface area contributed by atoms with E-state index in [1.54, 1.807) is 0 Å². The van der Waals surface area contributed by atoms with Gasteiger partial charge in [-0.15, -0.1) is 0 Å². The molecule has 0 spiro atoms. The Morgan fingerprint density at radius 3 is 2.47 bits per heavy atom. The number of nitrogens with zero attached hydrogens (tertiary/aromatic N) is 1. The van der Waals surface area contributed by atoms with Crippen LogP contribution < -0.4 is 0 Å². The monoisotopic (exact) mass is 231 g/mol. The topological polar surface area (TPSA) is 20.3 Å². The third-order valence-electron chi connectivity index (χ3n) is 3.47. The van der Waals surface area contributed by atoms with Gasteiger partial charge in [-0.1, -0.05) is 37.3 Å². The van der Waals surface area contributed by atoms with Crippen molar-refractivity contribution in [3.05, 3.63) is 35.9 Å². The summed E-state index contributed by atoms with van der Waals surface area (Å²) in [7, 11) is 0. The molecule has 1 aliphatic heterocycles. The quantitative estimate of drug-likeness (QED) is 0.783. The van der Waals surface area contributed by atoms with Crippen molar-refractivity contribution in [2.45, 2.75) is 32.6 Å². The summed E-state index contributed by atoms with van der Waals surface area (Å²) in [6.45, 7) is 3.96. The number of hydrogen-bond donors (Lipinski definition) is 0. The summed E-state index contributed by atoms with van der Waals surface area (Å²) in [5.41, 5.74) is 1.25. The van der Waals surface area contributed by atoms with Crippen LogP contribution in [0.2, 0.25) is 0 Å². The number of rotatable bonds is 3. The van der Waals surface area contributed by atoms with E-state index in [1.165, 1.54) is 24.8 Å². The highest BCUT2D eigenvalue weighted by Gasteiger charge is 2.21. The minimum absolute atomic E-state index is 0.107. The minimum atomic E-state index is 0.107. The van der Waals surface area contributed by atoms with Crippen LogP contribution >= 0.6 is 0 Å². The summed E-state index contributed by atoms with van der Waals surface area (Å²) in [5.74, 6) is 0.434. The van der Waals surface area contributed by atoms with Gasteiger partial charge in [-0.2, -0.15) is 0 Å². The summed E-state index contributed by atoms with van der Waals surface area (Å²) in [6.07, 6.45) is 4.47. The second-order valence-corrected chi connectivity index (χ2v) is 4.98. The molecule has 2 heteroatoms. The highest BCUT2D eigenvalue weighted by Crippen LogP contribution is 2.15. The number of likely N-dealkylation sites (tertiary alicyclic amines) is 1. The molecular formula is C15H21NO. The first-order valence-corrected chi connectivity index (χ1v) is 6.60. The maximum atomic E-state index is 12.2. The number of hydrogen-bond acceptors (Lipinski definition) is 1. The van der Waals surface area contributed by atoms with Crippen molar-refractivity contribution in [1.82, 2.24) is 4.90 Å². The molecule has 1 aliphatic rings. The average molecular weight is 231 g/mol. The van der Waals surface area contributed by atoms with Crippen LogP contribution in [0.1, 0.15) is 31.7 Å². The van der Waals surface area contributed by atoms with Crippen LogP contribution in [-0.4, -0.2) is 23.9 Å². The van der Waals surface area contributed by atoms with Crippen LogP contribution in [0.15, 0.2) is 30.3 Å². The largest absolute Gasteiger partial charge is 0.342 e. The predicted octanol–water partition coefficient (Wildman–Crippen LogP) is 2.88. The molecule has 17 heavy (non-hydrogen) atoms. The zero-order valence-electron chi connectivity index (χ0n) is 10.6. The molecule has 2 rings (SSSR count). The number of amides is 1. The van der Waals surface area contributed by atoms with Gasteiger partial charge < -0.3 is 4.90 Å². The lowest BCUT2D eigenvalue weighted by atomic mass is 9.99. The lowest BCUT2D eigenvalue weighted by molar-refractivity contribution is -0.135. The van der Waals surface area contributed by atoms with Gasteiger partial charge in [0.2, 0.25) is 5.91 Å². The van der Waals surface area contributed by atoms with E-state index in [4.69, 9.17) is 0 Å². The Morgan fingerprint density at radius 2 is 1.82 bits per heavy atom. The summed E-state index contributed by atoms with van der Waals surface area (Å²) in [6, 6.07) is 10.3. The number of carbonyl (C=O) groups is 1. The van der Waals surface area contributed by atoms with Gasteiger partial charge in [0.05, 0.1) is 0 Å². The van der Waals surface area contributed by atoms with E-state index in [9.17, 15) is 4.79 Å². The zero-order valence-corrected chi connectivity index (χ0v) is 10.6. The first-order valence-electron chi connectivity index (χ1n) is 6.60. The van der Waals surface area contributed by atoms with Crippen molar-refractivity contribution >= 4 is 5.91 Å². The molecule has 0 bridgehead atoms. The Hall–Kier alpha value is -1.31. The molecular weight excluding hydrogens is 210 g/mol. The highest BCUT2D eigenvalue weighted by molar-refractivity contribution is 5.78. The van der Waals surface area contributed by atoms with E-state index in [-0.39, 0.29) is 5.92 Å². The normalized spacial score (nSPS) is 17.8. The van der Waals surface area contributed by atoms with E-state index >= 15 is 0 Å². The van der Waals surface area contributed by atoms with Gasteiger partial charge in [-0.25, -0.2) is 0 Å². The Balaban J connectivity index is 1.90. The summed E-state index contributed by atoms with van der Waals surface area (Å²) < 4.78 is 0. The average Bonchev–Trinajstić information content (AvgIpc) is 2.40. The molecule has 0 N–H and O–H groups in total. The number of benzene rings is 1. The number of carbonyl (C=O) groups excluding carboxylic acids is 1. The van der Waals surface area contributed by atoms with Gasteiger partial charge in [0.1, 0.15) is 0 Å². The molecule has 0 aliphatic carbocycles. The van der Waals surface area contributed by atoms with Crippen molar-refractivity contribution in [3.8, 4) is 0 Å². The van der Waals surface area contributed by atoms with Gasteiger partial charge in [0.15, 0.2) is 0 Å². The van der Waals surface area contributed by atoms with E-state index in [0.717, 1.165) is 19.5 Å². The molecule has 1 aromatic rings.